The van der Waals surface area contributed by atoms with Gasteiger partial charge in [-0.05, 0) is 38.1 Å². The normalized spacial score (nSPS) is 14.2. The van der Waals surface area contributed by atoms with Crippen molar-refractivity contribution in [1.82, 2.24) is 9.88 Å². The van der Waals surface area contributed by atoms with Gasteiger partial charge in [0.1, 0.15) is 6.07 Å². The topological polar surface area (TPSA) is 86.5 Å². The van der Waals surface area contributed by atoms with Crippen LogP contribution in [0, 0.1) is 25.2 Å². The van der Waals surface area contributed by atoms with Crippen LogP contribution in [0.25, 0.3) is 11.7 Å². The third-order valence-electron chi connectivity index (χ3n) is 4.77. The number of aryl methyl sites for hydroxylation is 2. The van der Waals surface area contributed by atoms with Gasteiger partial charge >= 0.3 is 0 Å². The second-order valence-electron chi connectivity index (χ2n) is 6.92. The molecule has 0 saturated carbocycles. The van der Waals surface area contributed by atoms with Crippen molar-refractivity contribution >= 4 is 11.8 Å². The molecule has 3 aromatic rings. The Bertz CT molecular complexity index is 1020. The maximum Gasteiger partial charge on any atom is 0.266 e. The first-order valence-corrected chi connectivity index (χ1v) is 9.12. The minimum atomic E-state index is 0.0285. The number of benzene rings is 1. The molecule has 1 aliphatic rings. The lowest BCUT2D eigenvalue weighted by molar-refractivity contribution is 0.0745. The van der Waals surface area contributed by atoms with Crippen molar-refractivity contribution in [3.63, 3.8) is 0 Å². The molecule has 1 aliphatic heterocycles. The number of amides is 1. The lowest BCUT2D eigenvalue weighted by Crippen LogP contribution is -2.49. The zero-order valence-corrected chi connectivity index (χ0v) is 15.8. The molecule has 0 bridgehead atoms. The standard InChI is InChI=1S/C21H20N4O3/c1-14-10-15(2)12-16(11-14)20(26)24-5-7-25(8-6-24)21-17(13-22)23-19(28-21)18-4-3-9-27-18/h3-4,9-12H,5-8H2,1-2H3. The van der Waals surface area contributed by atoms with Gasteiger partial charge in [0.25, 0.3) is 11.8 Å². The largest absolute Gasteiger partial charge is 0.459 e. The molecule has 0 aliphatic carbocycles. The monoisotopic (exact) mass is 376 g/mol. The Morgan fingerprint density at radius 1 is 1.14 bits per heavy atom. The van der Waals surface area contributed by atoms with E-state index in [9.17, 15) is 10.1 Å². The van der Waals surface area contributed by atoms with Crippen molar-refractivity contribution in [1.29, 1.82) is 5.26 Å². The van der Waals surface area contributed by atoms with E-state index in [-0.39, 0.29) is 17.5 Å². The van der Waals surface area contributed by atoms with Crippen LogP contribution in [-0.2, 0) is 0 Å². The number of nitriles is 1. The van der Waals surface area contributed by atoms with E-state index >= 15 is 0 Å². The van der Waals surface area contributed by atoms with Gasteiger partial charge in [0.15, 0.2) is 5.76 Å². The van der Waals surface area contributed by atoms with Crippen LogP contribution in [0.4, 0.5) is 5.88 Å². The third kappa shape index (κ3) is 3.37. The van der Waals surface area contributed by atoms with Gasteiger partial charge < -0.3 is 18.6 Å². The smallest absolute Gasteiger partial charge is 0.266 e. The minimum Gasteiger partial charge on any atom is -0.459 e. The summed E-state index contributed by atoms with van der Waals surface area (Å²) in [6.07, 6.45) is 1.53. The summed E-state index contributed by atoms with van der Waals surface area (Å²) in [5, 5.41) is 9.41. The second-order valence-corrected chi connectivity index (χ2v) is 6.92. The number of nitrogens with zero attached hydrogens (tertiary/aromatic N) is 4. The molecule has 0 N–H and O–H groups in total. The van der Waals surface area contributed by atoms with Crippen molar-refractivity contribution in [2.75, 3.05) is 31.1 Å². The zero-order valence-electron chi connectivity index (χ0n) is 15.8. The molecule has 0 unspecified atom stereocenters. The quantitative estimate of drug-likeness (QED) is 0.696. The van der Waals surface area contributed by atoms with Crippen LogP contribution in [0.1, 0.15) is 27.2 Å². The number of carbonyl (C=O) groups is 1. The summed E-state index contributed by atoms with van der Waals surface area (Å²) >= 11 is 0. The summed E-state index contributed by atoms with van der Waals surface area (Å²) in [4.78, 5) is 20.8. The first-order valence-electron chi connectivity index (χ1n) is 9.12. The highest BCUT2D eigenvalue weighted by atomic mass is 16.4. The Morgan fingerprint density at radius 3 is 2.46 bits per heavy atom. The van der Waals surface area contributed by atoms with E-state index in [1.165, 1.54) is 6.26 Å². The van der Waals surface area contributed by atoms with Gasteiger partial charge in [0.05, 0.1) is 6.26 Å². The molecule has 0 atom stereocenters. The molecule has 1 amide bonds. The van der Waals surface area contributed by atoms with Crippen LogP contribution in [0.3, 0.4) is 0 Å². The third-order valence-corrected chi connectivity index (χ3v) is 4.77. The van der Waals surface area contributed by atoms with Crippen molar-refractivity contribution < 1.29 is 13.6 Å². The molecule has 7 heteroatoms. The highest BCUT2D eigenvalue weighted by Gasteiger charge is 2.27. The van der Waals surface area contributed by atoms with Crippen LogP contribution in [0.15, 0.2) is 45.4 Å². The van der Waals surface area contributed by atoms with Gasteiger partial charge in [-0.3, -0.25) is 4.79 Å². The summed E-state index contributed by atoms with van der Waals surface area (Å²) in [7, 11) is 0. The van der Waals surface area contributed by atoms with E-state index in [1.54, 1.807) is 12.1 Å². The van der Waals surface area contributed by atoms with Gasteiger partial charge in [-0.25, -0.2) is 0 Å². The van der Waals surface area contributed by atoms with E-state index in [4.69, 9.17) is 8.83 Å². The Labute approximate surface area is 162 Å². The van der Waals surface area contributed by atoms with Gasteiger partial charge in [-0.15, -0.1) is 0 Å². The van der Waals surface area contributed by atoms with Gasteiger partial charge in [0.2, 0.25) is 11.6 Å². The number of carbonyl (C=O) groups excluding carboxylic acids is 1. The fraction of sp³-hybridized carbons (Fsp3) is 0.286. The number of oxazole rings is 1. The molecule has 142 valence electrons. The number of anilines is 1. The number of hydrogen-bond acceptors (Lipinski definition) is 6. The number of rotatable bonds is 3. The first-order chi connectivity index (χ1) is 13.5. The molecule has 7 nitrogen and oxygen atoms in total. The molecular formula is C21H20N4O3. The maximum atomic E-state index is 12.8. The fourth-order valence-electron chi connectivity index (χ4n) is 3.50. The van der Waals surface area contributed by atoms with E-state index in [1.807, 2.05) is 35.8 Å². The molecule has 4 rings (SSSR count). The zero-order chi connectivity index (χ0) is 19.7. The number of aromatic nitrogens is 1. The van der Waals surface area contributed by atoms with Crippen LogP contribution in [0.5, 0.6) is 0 Å². The molecule has 28 heavy (non-hydrogen) atoms. The molecule has 1 saturated heterocycles. The number of furan rings is 1. The predicted octanol–water partition coefficient (Wildman–Crippen LogP) is 3.39. The average molecular weight is 376 g/mol. The lowest BCUT2D eigenvalue weighted by atomic mass is 10.1. The molecule has 1 aromatic carbocycles. The van der Waals surface area contributed by atoms with Gasteiger partial charge in [-0.2, -0.15) is 10.2 Å². The van der Waals surface area contributed by atoms with Gasteiger partial charge in [-0.1, -0.05) is 17.2 Å². The summed E-state index contributed by atoms with van der Waals surface area (Å²) < 4.78 is 11.1. The Morgan fingerprint density at radius 2 is 1.86 bits per heavy atom. The predicted molar refractivity (Wildman–Crippen MR) is 103 cm³/mol. The molecule has 1 fully saturated rings. The first kappa shape index (κ1) is 17.9. The highest BCUT2D eigenvalue weighted by Crippen LogP contribution is 2.29. The van der Waals surface area contributed by atoms with Crippen molar-refractivity contribution in [3.05, 3.63) is 59.0 Å². The fourth-order valence-corrected chi connectivity index (χ4v) is 3.50. The van der Waals surface area contributed by atoms with Gasteiger partial charge in [0, 0.05) is 31.7 Å². The Hall–Kier alpha value is -3.53. The van der Waals surface area contributed by atoms with Crippen LogP contribution < -0.4 is 4.90 Å². The molecule has 0 radical (unpaired) electrons. The molecule has 0 spiro atoms. The maximum absolute atomic E-state index is 12.8. The molecule has 2 aromatic heterocycles. The number of piperazine rings is 1. The van der Waals surface area contributed by atoms with Crippen LogP contribution >= 0.6 is 0 Å². The van der Waals surface area contributed by atoms with Crippen LogP contribution in [-0.4, -0.2) is 42.0 Å². The van der Waals surface area contributed by atoms with Crippen LogP contribution in [0.2, 0.25) is 0 Å². The Balaban J connectivity index is 1.48. The van der Waals surface area contributed by atoms with Crippen molar-refractivity contribution in [2.45, 2.75) is 13.8 Å². The SMILES string of the molecule is Cc1cc(C)cc(C(=O)N2CCN(c3oc(-c4ccco4)nc3C#N)CC2)c1. The van der Waals surface area contributed by atoms with E-state index in [2.05, 4.69) is 17.1 Å². The lowest BCUT2D eigenvalue weighted by Gasteiger charge is -2.34. The highest BCUT2D eigenvalue weighted by molar-refractivity contribution is 5.94. The number of hydrogen-bond donors (Lipinski definition) is 0. The Kier molecular flexibility index (Phi) is 4.62. The minimum absolute atomic E-state index is 0.0285. The summed E-state index contributed by atoms with van der Waals surface area (Å²) in [5.74, 6) is 1.21. The summed E-state index contributed by atoms with van der Waals surface area (Å²) in [6, 6.07) is 11.4. The van der Waals surface area contributed by atoms with Crippen molar-refractivity contribution in [2.24, 2.45) is 0 Å². The van der Waals surface area contributed by atoms with E-state index in [0.29, 0.717) is 43.4 Å². The second kappa shape index (κ2) is 7.24. The molecular weight excluding hydrogens is 356 g/mol. The van der Waals surface area contributed by atoms with E-state index in [0.717, 1.165) is 11.1 Å². The van der Waals surface area contributed by atoms with Crippen molar-refractivity contribution in [3.8, 4) is 17.7 Å². The molecule has 3 heterocycles. The summed E-state index contributed by atoms with van der Waals surface area (Å²) in [6.45, 7) is 6.22. The summed E-state index contributed by atoms with van der Waals surface area (Å²) in [5.41, 5.74) is 3.09. The average Bonchev–Trinajstić information content (AvgIpc) is 3.36. The van der Waals surface area contributed by atoms with E-state index < -0.39 is 0 Å².